The Morgan fingerprint density at radius 2 is 1.56 bits per heavy atom. The quantitative estimate of drug-likeness (QED) is 0.589. The summed E-state index contributed by atoms with van der Waals surface area (Å²) in [6.07, 6.45) is 1.04. The molecule has 25 heavy (non-hydrogen) atoms. The third-order valence-corrected chi connectivity index (χ3v) is 4.83. The highest BCUT2D eigenvalue weighted by atomic mass is 16.1. The average molecular weight is 328 g/mol. The summed E-state index contributed by atoms with van der Waals surface area (Å²) in [6, 6.07) is 22.7. The molecule has 0 radical (unpaired) electrons. The molecule has 1 aromatic heterocycles. The molecule has 0 aliphatic rings. The standard InChI is InChI=1S/C22H20N2O/c1-2-15-10-12-16(13-11-15)14-24-19-8-4-3-6-17(19)21-18(22(23)25)7-5-9-20(21)24/h3-13H,2,14H2,1H3,(H2,23,25). The van der Waals surface area contributed by atoms with Gasteiger partial charge in [-0.1, -0.05) is 55.5 Å². The van der Waals surface area contributed by atoms with Gasteiger partial charge in [-0.25, -0.2) is 0 Å². The third-order valence-electron chi connectivity index (χ3n) is 4.83. The van der Waals surface area contributed by atoms with Gasteiger partial charge in [0.05, 0.1) is 5.52 Å². The molecule has 4 rings (SSSR count). The second kappa shape index (κ2) is 6.10. The number of carbonyl (C=O) groups is 1. The van der Waals surface area contributed by atoms with Crippen LogP contribution in [0.5, 0.6) is 0 Å². The van der Waals surface area contributed by atoms with Crippen LogP contribution in [0.3, 0.4) is 0 Å². The number of fused-ring (bicyclic) bond motifs is 3. The van der Waals surface area contributed by atoms with Crippen molar-refractivity contribution in [3.8, 4) is 0 Å². The Hall–Kier alpha value is -3.07. The summed E-state index contributed by atoms with van der Waals surface area (Å²) in [4.78, 5) is 11.9. The highest BCUT2D eigenvalue weighted by Crippen LogP contribution is 2.32. The summed E-state index contributed by atoms with van der Waals surface area (Å²) >= 11 is 0. The van der Waals surface area contributed by atoms with Gasteiger partial charge >= 0.3 is 0 Å². The largest absolute Gasteiger partial charge is 0.366 e. The fourth-order valence-corrected chi connectivity index (χ4v) is 3.54. The monoisotopic (exact) mass is 328 g/mol. The van der Waals surface area contributed by atoms with E-state index in [2.05, 4.69) is 54.0 Å². The predicted octanol–water partition coefficient (Wildman–Crippen LogP) is 4.50. The molecule has 3 nitrogen and oxygen atoms in total. The molecule has 2 N–H and O–H groups in total. The molecule has 0 fully saturated rings. The number of carbonyl (C=O) groups excluding carboxylic acids is 1. The lowest BCUT2D eigenvalue weighted by atomic mass is 10.1. The van der Waals surface area contributed by atoms with E-state index >= 15 is 0 Å². The molecule has 0 atom stereocenters. The van der Waals surface area contributed by atoms with Crippen LogP contribution in [0.2, 0.25) is 0 Å². The molecule has 1 heterocycles. The maximum atomic E-state index is 11.9. The van der Waals surface area contributed by atoms with Gasteiger partial charge in [0.25, 0.3) is 0 Å². The van der Waals surface area contributed by atoms with Crippen molar-refractivity contribution in [2.75, 3.05) is 0 Å². The van der Waals surface area contributed by atoms with Gasteiger partial charge in [-0.05, 0) is 35.7 Å². The highest BCUT2D eigenvalue weighted by Gasteiger charge is 2.15. The molecule has 3 heteroatoms. The molecular weight excluding hydrogens is 308 g/mol. The van der Waals surface area contributed by atoms with E-state index < -0.39 is 0 Å². The van der Waals surface area contributed by atoms with Gasteiger partial charge in [0.15, 0.2) is 0 Å². The van der Waals surface area contributed by atoms with Crippen LogP contribution in [-0.4, -0.2) is 10.5 Å². The van der Waals surface area contributed by atoms with Crippen LogP contribution >= 0.6 is 0 Å². The maximum absolute atomic E-state index is 11.9. The number of aryl methyl sites for hydroxylation is 1. The summed E-state index contributed by atoms with van der Waals surface area (Å²) in [7, 11) is 0. The first-order valence-electron chi connectivity index (χ1n) is 8.56. The topological polar surface area (TPSA) is 48.0 Å². The van der Waals surface area contributed by atoms with E-state index in [9.17, 15) is 4.79 Å². The van der Waals surface area contributed by atoms with Crippen molar-refractivity contribution in [1.29, 1.82) is 0 Å². The SMILES string of the molecule is CCc1ccc(Cn2c3ccccc3c3c(C(N)=O)cccc32)cc1. The second-order valence-electron chi connectivity index (χ2n) is 6.34. The third kappa shape index (κ3) is 2.58. The smallest absolute Gasteiger partial charge is 0.249 e. The molecular formula is C22H20N2O. The van der Waals surface area contributed by atoms with Crippen LogP contribution in [0.1, 0.15) is 28.4 Å². The predicted molar refractivity (Wildman–Crippen MR) is 103 cm³/mol. The molecule has 0 aliphatic heterocycles. The first-order valence-corrected chi connectivity index (χ1v) is 8.56. The minimum absolute atomic E-state index is 0.388. The van der Waals surface area contributed by atoms with Gasteiger partial charge in [-0.3, -0.25) is 4.79 Å². The van der Waals surface area contributed by atoms with E-state index in [0.29, 0.717) is 5.56 Å². The zero-order chi connectivity index (χ0) is 17.4. The number of aromatic nitrogens is 1. The van der Waals surface area contributed by atoms with Gasteiger partial charge in [0.1, 0.15) is 0 Å². The Labute approximate surface area is 146 Å². The number of para-hydroxylation sites is 1. The molecule has 0 saturated carbocycles. The first-order chi connectivity index (χ1) is 12.2. The zero-order valence-corrected chi connectivity index (χ0v) is 14.2. The highest BCUT2D eigenvalue weighted by molar-refractivity contribution is 6.17. The number of nitrogens with zero attached hydrogens (tertiary/aromatic N) is 1. The van der Waals surface area contributed by atoms with Crippen molar-refractivity contribution < 1.29 is 4.79 Å². The van der Waals surface area contributed by atoms with Crippen molar-refractivity contribution in [1.82, 2.24) is 4.57 Å². The Bertz CT molecular complexity index is 1070. The Balaban J connectivity index is 1.95. The lowest BCUT2D eigenvalue weighted by Crippen LogP contribution is -2.11. The number of amides is 1. The summed E-state index contributed by atoms with van der Waals surface area (Å²) in [5.41, 5.74) is 10.9. The van der Waals surface area contributed by atoms with Crippen molar-refractivity contribution in [2.45, 2.75) is 19.9 Å². The maximum Gasteiger partial charge on any atom is 0.249 e. The van der Waals surface area contributed by atoms with Gasteiger partial charge in [0.2, 0.25) is 5.91 Å². The van der Waals surface area contributed by atoms with Gasteiger partial charge in [0, 0.05) is 28.4 Å². The van der Waals surface area contributed by atoms with E-state index in [1.165, 1.54) is 11.1 Å². The van der Waals surface area contributed by atoms with E-state index in [-0.39, 0.29) is 5.91 Å². The van der Waals surface area contributed by atoms with Crippen molar-refractivity contribution >= 4 is 27.7 Å². The summed E-state index contributed by atoms with van der Waals surface area (Å²) in [5.74, 6) is -0.388. The van der Waals surface area contributed by atoms with Gasteiger partial charge in [-0.2, -0.15) is 0 Å². The number of benzene rings is 3. The molecule has 0 bridgehead atoms. The van der Waals surface area contributed by atoms with Crippen LogP contribution in [0.4, 0.5) is 0 Å². The van der Waals surface area contributed by atoms with Crippen molar-refractivity contribution in [3.05, 3.63) is 83.4 Å². The molecule has 1 amide bonds. The molecule has 0 aliphatic carbocycles. The zero-order valence-electron chi connectivity index (χ0n) is 14.2. The fraction of sp³-hybridized carbons (Fsp3) is 0.136. The van der Waals surface area contributed by atoms with Crippen LogP contribution in [0.25, 0.3) is 21.8 Å². The van der Waals surface area contributed by atoms with E-state index in [4.69, 9.17) is 5.73 Å². The lowest BCUT2D eigenvalue weighted by Gasteiger charge is -2.09. The van der Waals surface area contributed by atoms with E-state index in [1.807, 2.05) is 18.2 Å². The number of hydrogen-bond acceptors (Lipinski definition) is 1. The van der Waals surface area contributed by atoms with E-state index in [0.717, 1.165) is 34.8 Å². The van der Waals surface area contributed by atoms with Crippen LogP contribution in [-0.2, 0) is 13.0 Å². The molecule has 0 spiro atoms. The van der Waals surface area contributed by atoms with Gasteiger partial charge in [-0.15, -0.1) is 0 Å². The number of primary amides is 1. The summed E-state index contributed by atoms with van der Waals surface area (Å²) in [6.45, 7) is 2.92. The molecule has 124 valence electrons. The van der Waals surface area contributed by atoms with Crippen molar-refractivity contribution in [2.24, 2.45) is 5.73 Å². The molecule has 0 unspecified atom stereocenters. The lowest BCUT2D eigenvalue weighted by molar-refractivity contribution is 0.100. The number of nitrogens with two attached hydrogens (primary N) is 1. The Morgan fingerprint density at radius 1 is 0.880 bits per heavy atom. The summed E-state index contributed by atoms with van der Waals surface area (Å²) < 4.78 is 2.26. The average Bonchev–Trinajstić information content (AvgIpc) is 2.96. The molecule has 4 aromatic rings. The minimum Gasteiger partial charge on any atom is -0.366 e. The number of hydrogen-bond donors (Lipinski definition) is 1. The van der Waals surface area contributed by atoms with Crippen molar-refractivity contribution in [3.63, 3.8) is 0 Å². The van der Waals surface area contributed by atoms with E-state index in [1.54, 1.807) is 6.07 Å². The van der Waals surface area contributed by atoms with Crippen LogP contribution in [0, 0.1) is 0 Å². The summed E-state index contributed by atoms with van der Waals surface area (Å²) in [5, 5.41) is 2.01. The second-order valence-corrected chi connectivity index (χ2v) is 6.34. The van der Waals surface area contributed by atoms with Gasteiger partial charge < -0.3 is 10.3 Å². The molecule has 0 saturated heterocycles. The fourth-order valence-electron chi connectivity index (χ4n) is 3.54. The normalized spacial score (nSPS) is 11.2. The minimum atomic E-state index is -0.388. The Kier molecular flexibility index (Phi) is 3.77. The molecule has 3 aromatic carbocycles. The van der Waals surface area contributed by atoms with Crippen LogP contribution < -0.4 is 5.73 Å². The van der Waals surface area contributed by atoms with Crippen LogP contribution in [0.15, 0.2) is 66.7 Å². The first kappa shape index (κ1) is 15.5. The number of rotatable bonds is 4. The Morgan fingerprint density at radius 3 is 2.28 bits per heavy atom.